The zero-order valence-electron chi connectivity index (χ0n) is 20.5. The van der Waals surface area contributed by atoms with Crippen molar-refractivity contribution in [2.75, 3.05) is 30.8 Å². The van der Waals surface area contributed by atoms with Crippen LogP contribution in [0.15, 0.2) is 42.0 Å². The van der Waals surface area contributed by atoms with Gasteiger partial charge in [0.25, 0.3) is 0 Å². The third-order valence-corrected chi connectivity index (χ3v) is 7.65. The summed E-state index contributed by atoms with van der Waals surface area (Å²) < 4.78 is 2.06. The Kier molecular flexibility index (Phi) is 6.17. The first-order valence-electron chi connectivity index (χ1n) is 11.9. The lowest BCUT2D eigenvalue weighted by atomic mass is 9.86. The maximum Gasteiger partial charge on any atom is 0.230 e. The van der Waals surface area contributed by atoms with Crippen LogP contribution in [0.5, 0.6) is 0 Å². The van der Waals surface area contributed by atoms with Crippen LogP contribution in [-0.2, 0) is 5.41 Å². The Morgan fingerprint density at radius 1 is 1.14 bits per heavy atom. The zero-order valence-corrected chi connectivity index (χ0v) is 21.4. The first-order chi connectivity index (χ1) is 16.8. The summed E-state index contributed by atoms with van der Waals surface area (Å²) in [7, 11) is 2.17. The van der Waals surface area contributed by atoms with Gasteiger partial charge in [0, 0.05) is 11.9 Å². The summed E-state index contributed by atoms with van der Waals surface area (Å²) in [5.41, 5.74) is 3.27. The van der Waals surface area contributed by atoms with E-state index in [-0.39, 0.29) is 0 Å². The molecular weight excluding hydrogens is 456 g/mol. The number of nitriles is 1. The van der Waals surface area contributed by atoms with Crippen LogP contribution in [0.25, 0.3) is 10.2 Å². The molecule has 0 saturated carbocycles. The van der Waals surface area contributed by atoms with E-state index in [1.807, 2.05) is 50.5 Å². The molecule has 2 N–H and O–H groups in total. The van der Waals surface area contributed by atoms with Crippen molar-refractivity contribution in [3.05, 3.63) is 53.2 Å². The average molecular weight is 487 g/mol. The summed E-state index contributed by atoms with van der Waals surface area (Å²) in [6, 6.07) is 10.7. The molecule has 0 unspecified atom stereocenters. The maximum absolute atomic E-state index is 9.54. The molecule has 0 radical (unpaired) electrons. The molecule has 4 aromatic rings. The van der Waals surface area contributed by atoms with Crippen molar-refractivity contribution in [2.45, 2.75) is 45.1 Å². The maximum atomic E-state index is 9.54. The highest BCUT2D eigenvalue weighted by Gasteiger charge is 2.21. The Bertz CT molecular complexity index is 1390. The van der Waals surface area contributed by atoms with E-state index in [2.05, 4.69) is 50.7 Å². The minimum absolute atomic E-state index is 0.423. The van der Waals surface area contributed by atoms with Gasteiger partial charge in [-0.15, -0.1) is 11.3 Å². The zero-order chi connectivity index (χ0) is 24.6. The van der Waals surface area contributed by atoms with Crippen LogP contribution in [-0.4, -0.2) is 44.8 Å². The molecule has 9 heteroatoms. The SMILES string of the molecule is Cc1csc2nc(Nc3cnn(C4CCN(C)CC4)c3)nc(Nc3cccc(C(C)(C)C#N)c3)c12. The van der Waals surface area contributed by atoms with E-state index < -0.39 is 5.41 Å². The molecule has 4 heterocycles. The first kappa shape index (κ1) is 23.3. The minimum Gasteiger partial charge on any atom is -0.340 e. The summed E-state index contributed by atoms with van der Waals surface area (Å²) in [6.07, 6.45) is 6.09. The van der Waals surface area contributed by atoms with E-state index in [0.717, 1.165) is 64.5 Å². The fourth-order valence-electron chi connectivity index (χ4n) is 4.41. The second kappa shape index (κ2) is 9.29. The third kappa shape index (κ3) is 4.85. The van der Waals surface area contributed by atoms with Crippen molar-refractivity contribution in [1.82, 2.24) is 24.6 Å². The summed E-state index contributed by atoms with van der Waals surface area (Å²) in [5.74, 6) is 1.27. The van der Waals surface area contributed by atoms with Crippen molar-refractivity contribution in [1.29, 1.82) is 5.26 Å². The molecule has 3 aromatic heterocycles. The van der Waals surface area contributed by atoms with Gasteiger partial charge < -0.3 is 15.5 Å². The van der Waals surface area contributed by atoms with Crippen molar-refractivity contribution in [3.63, 3.8) is 0 Å². The molecule has 1 aromatic carbocycles. The third-order valence-electron chi connectivity index (χ3n) is 6.66. The lowest BCUT2D eigenvalue weighted by molar-refractivity contribution is 0.212. The number of piperidine rings is 1. The highest BCUT2D eigenvalue weighted by Crippen LogP contribution is 2.34. The molecule has 0 aliphatic carbocycles. The highest BCUT2D eigenvalue weighted by molar-refractivity contribution is 7.17. The fourth-order valence-corrected chi connectivity index (χ4v) is 5.33. The van der Waals surface area contributed by atoms with Gasteiger partial charge >= 0.3 is 0 Å². The molecule has 180 valence electrons. The van der Waals surface area contributed by atoms with Crippen molar-refractivity contribution < 1.29 is 0 Å². The lowest BCUT2D eigenvalue weighted by Gasteiger charge is -2.28. The van der Waals surface area contributed by atoms with Crippen molar-refractivity contribution in [3.8, 4) is 6.07 Å². The van der Waals surface area contributed by atoms with Crippen LogP contribution in [0.3, 0.4) is 0 Å². The van der Waals surface area contributed by atoms with E-state index in [1.165, 1.54) is 0 Å². The molecule has 35 heavy (non-hydrogen) atoms. The summed E-state index contributed by atoms with van der Waals surface area (Å²) in [6.45, 7) is 8.10. The predicted molar refractivity (Wildman–Crippen MR) is 142 cm³/mol. The van der Waals surface area contributed by atoms with Gasteiger partial charge in [0.15, 0.2) is 0 Å². The molecular formula is C26H30N8S. The van der Waals surface area contributed by atoms with E-state index in [0.29, 0.717) is 12.0 Å². The van der Waals surface area contributed by atoms with Gasteiger partial charge in [0.05, 0.1) is 34.8 Å². The first-order valence-corrected chi connectivity index (χ1v) is 12.7. The van der Waals surface area contributed by atoms with E-state index in [1.54, 1.807) is 11.3 Å². The number of aryl methyl sites for hydroxylation is 1. The van der Waals surface area contributed by atoms with Gasteiger partial charge in [0.2, 0.25) is 5.95 Å². The van der Waals surface area contributed by atoms with Gasteiger partial charge in [-0.25, -0.2) is 4.98 Å². The fraction of sp³-hybridized carbons (Fsp3) is 0.385. The molecule has 0 spiro atoms. The van der Waals surface area contributed by atoms with E-state index in [9.17, 15) is 5.26 Å². The number of anilines is 4. The monoisotopic (exact) mass is 486 g/mol. The van der Waals surface area contributed by atoms with Crippen LogP contribution < -0.4 is 10.6 Å². The van der Waals surface area contributed by atoms with Crippen LogP contribution in [0.4, 0.5) is 23.1 Å². The molecule has 1 fully saturated rings. The van der Waals surface area contributed by atoms with Crippen molar-refractivity contribution >= 4 is 44.7 Å². The quantitative estimate of drug-likeness (QED) is 0.358. The summed E-state index contributed by atoms with van der Waals surface area (Å²) in [4.78, 5) is 12.9. The highest BCUT2D eigenvalue weighted by atomic mass is 32.1. The van der Waals surface area contributed by atoms with E-state index in [4.69, 9.17) is 9.97 Å². The summed E-state index contributed by atoms with van der Waals surface area (Å²) >= 11 is 1.60. The number of thiophene rings is 1. The Morgan fingerprint density at radius 2 is 1.94 bits per heavy atom. The smallest absolute Gasteiger partial charge is 0.230 e. The number of hydrogen-bond acceptors (Lipinski definition) is 8. The van der Waals surface area contributed by atoms with Gasteiger partial charge in [-0.1, -0.05) is 12.1 Å². The van der Waals surface area contributed by atoms with Crippen molar-refractivity contribution in [2.24, 2.45) is 0 Å². The number of hydrogen-bond donors (Lipinski definition) is 2. The Labute approximate surface area is 209 Å². The number of nitrogens with zero attached hydrogens (tertiary/aromatic N) is 6. The van der Waals surface area contributed by atoms with E-state index >= 15 is 0 Å². The molecule has 1 aliphatic rings. The second-order valence-electron chi connectivity index (χ2n) is 9.81. The number of rotatable bonds is 6. The molecule has 0 amide bonds. The molecule has 1 aliphatic heterocycles. The number of benzene rings is 1. The lowest BCUT2D eigenvalue weighted by Crippen LogP contribution is -2.31. The van der Waals surface area contributed by atoms with Gasteiger partial charge in [-0.3, -0.25) is 4.68 Å². The van der Waals surface area contributed by atoms with Crippen LogP contribution in [0.2, 0.25) is 0 Å². The van der Waals surface area contributed by atoms with Crippen LogP contribution >= 0.6 is 11.3 Å². The Balaban J connectivity index is 1.42. The molecule has 0 atom stereocenters. The number of fused-ring (bicyclic) bond motifs is 1. The largest absolute Gasteiger partial charge is 0.340 e. The Hall–Kier alpha value is -3.48. The van der Waals surface area contributed by atoms with Crippen LogP contribution in [0.1, 0.15) is 43.9 Å². The average Bonchev–Trinajstić information content (AvgIpc) is 3.46. The molecule has 8 nitrogen and oxygen atoms in total. The van der Waals surface area contributed by atoms with Crippen LogP contribution in [0, 0.1) is 18.3 Å². The minimum atomic E-state index is -0.572. The number of nitrogens with one attached hydrogen (secondary N) is 2. The molecule has 0 bridgehead atoms. The normalized spacial score (nSPS) is 15.3. The Morgan fingerprint density at radius 3 is 2.71 bits per heavy atom. The second-order valence-corrected chi connectivity index (χ2v) is 10.7. The molecule has 1 saturated heterocycles. The van der Waals surface area contributed by atoms with Gasteiger partial charge in [0.1, 0.15) is 10.6 Å². The predicted octanol–water partition coefficient (Wildman–Crippen LogP) is 5.75. The summed E-state index contributed by atoms with van der Waals surface area (Å²) in [5, 5.41) is 24.1. The number of aromatic nitrogens is 4. The number of likely N-dealkylation sites (tertiary alicyclic amines) is 1. The standard InChI is InChI=1S/C26H30N8S/c1-17-15-35-24-22(17)23(29-19-7-5-6-18(12-19)26(2,3)16-27)31-25(32-24)30-20-13-28-34(14-20)21-8-10-33(4)11-9-21/h5-7,12-15,21H,8-11H2,1-4H3,(H2,29,30,31,32). The topological polar surface area (TPSA) is 94.7 Å². The van der Waals surface area contributed by atoms with Gasteiger partial charge in [-0.05, 0) is 82.4 Å². The van der Waals surface area contributed by atoms with Gasteiger partial charge in [-0.2, -0.15) is 15.3 Å². The molecule has 5 rings (SSSR count).